The number of thioether (sulfide) groups is 1. The third-order valence-corrected chi connectivity index (χ3v) is 3.79. The topological polar surface area (TPSA) is 94.7 Å². The Labute approximate surface area is 111 Å². The fourth-order valence-corrected chi connectivity index (χ4v) is 2.50. The molecule has 1 N–H and O–H groups in total. The first-order valence-electron chi connectivity index (χ1n) is 5.42. The van der Waals surface area contributed by atoms with E-state index in [2.05, 4.69) is 10.1 Å². The van der Waals surface area contributed by atoms with Gasteiger partial charge in [0.25, 0.3) is 5.56 Å². The first-order chi connectivity index (χ1) is 8.90. The first kappa shape index (κ1) is 13.4. The smallest absolute Gasteiger partial charge is 0.300 e. The minimum atomic E-state index is -0.428. The van der Waals surface area contributed by atoms with Crippen molar-refractivity contribution in [1.29, 1.82) is 0 Å². The van der Waals surface area contributed by atoms with Gasteiger partial charge in [0.2, 0.25) is 0 Å². The van der Waals surface area contributed by atoms with Crippen molar-refractivity contribution in [1.82, 2.24) is 23.9 Å². The molecule has 102 valence electrons. The molecule has 9 heteroatoms. The average Bonchev–Trinajstić information content (AvgIpc) is 2.68. The van der Waals surface area contributed by atoms with Crippen molar-refractivity contribution in [3.05, 3.63) is 43.1 Å². The minimum absolute atomic E-state index is 0.352. The van der Waals surface area contributed by atoms with Gasteiger partial charge in [-0.3, -0.25) is 18.6 Å². The fraction of sp³-hybridized carbons (Fsp3) is 0.400. The quantitative estimate of drug-likeness (QED) is 0.714. The Bertz CT molecular complexity index is 782. The molecule has 2 aromatic heterocycles. The molecule has 0 aliphatic heterocycles. The monoisotopic (exact) mass is 283 g/mol. The number of aromatic nitrogens is 5. The molecular formula is C10H13N5O3S. The zero-order valence-electron chi connectivity index (χ0n) is 10.7. The number of rotatable bonds is 3. The van der Waals surface area contributed by atoms with E-state index in [-0.39, 0.29) is 11.2 Å². The number of nitrogens with zero attached hydrogens (tertiary/aromatic N) is 4. The van der Waals surface area contributed by atoms with Crippen LogP contribution < -0.4 is 16.9 Å². The van der Waals surface area contributed by atoms with Gasteiger partial charge in [0, 0.05) is 38.7 Å². The van der Waals surface area contributed by atoms with E-state index in [9.17, 15) is 14.4 Å². The van der Waals surface area contributed by atoms with Crippen molar-refractivity contribution in [2.45, 2.75) is 10.9 Å². The van der Waals surface area contributed by atoms with Crippen LogP contribution in [0.2, 0.25) is 0 Å². The van der Waals surface area contributed by atoms with Crippen LogP contribution in [-0.4, -0.2) is 23.9 Å². The highest BCUT2D eigenvalue weighted by Crippen LogP contribution is 2.17. The van der Waals surface area contributed by atoms with Crippen molar-refractivity contribution in [2.75, 3.05) is 0 Å². The van der Waals surface area contributed by atoms with Crippen molar-refractivity contribution in [3.63, 3.8) is 0 Å². The Kier molecular flexibility index (Phi) is 3.47. The molecule has 0 amide bonds. The molecule has 0 spiro atoms. The third kappa shape index (κ3) is 2.55. The van der Waals surface area contributed by atoms with E-state index in [0.717, 1.165) is 4.57 Å². The Balaban J connectivity index is 2.30. The van der Waals surface area contributed by atoms with E-state index < -0.39 is 5.69 Å². The van der Waals surface area contributed by atoms with Gasteiger partial charge in [-0.2, -0.15) is 4.98 Å². The summed E-state index contributed by atoms with van der Waals surface area (Å²) in [7, 11) is 4.69. The number of H-pyrrole nitrogens is 1. The molecule has 0 fully saturated rings. The highest BCUT2D eigenvalue weighted by molar-refractivity contribution is 7.98. The molecule has 8 nitrogen and oxygen atoms in total. The van der Waals surface area contributed by atoms with Gasteiger partial charge in [0.05, 0.1) is 0 Å². The van der Waals surface area contributed by atoms with Crippen molar-refractivity contribution >= 4 is 11.8 Å². The Morgan fingerprint density at radius 2 is 1.89 bits per heavy atom. The second-order valence-corrected chi connectivity index (χ2v) is 4.98. The summed E-state index contributed by atoms with van der Waals surface area (Å²) in [6, 6.07) is 1.40. The summed E-state index contributed by atoms with van der Waals surface area (Å²) in [5.74, 6) is 0.375. The molecule has 0 aliphatic carbocycles. The molecule has 0 bridgehead atoms. The summed E-state index contributed by atoms with van der Waals surface area (Å²) in [6.45, 7) is 0. The lowest BCUT2D eigenvalue weighted by atomic mass is 10.4. The minimum Gasteiger partial charge on any atom is -0.300 e. The standard InChI is InChI=1S/C10H13N5O3S/c1-13-6(4-7(16)14(2)10(13)18)5-19-9-11-8(17)12-15(9)3/h4H,5H2,1-3H3,(H,12,17). The van der Waals surface area contributed by atoms with Crippen molar-refractivity contribution in [3.8, 4) is 0 Å². The van der Waals surface area contributed by atoms with Crippen molar-refractivity contribution < 1.29 is 0 Å². The molecule has 19 heavy (non-hydrogen) atoms. The van der Waals surface area contributed by atoms with E-state index in [1.54, 1.807) is 14.1 Å². The second kappa shape index (κ2) is 4.92. The number of hydrogen-bond donors (Lipinski definition) is 1. The highest BCUT2D eigenvalue weighted by atomic mass is 32.2. The summed E-state index contributed by atoms with van der Waals surface area (Å²) in [6.07, 6.45) is 0. The summed E-state index contributed by atoms with van der Waals surface area (Å²) in [4.78, 5) is 38.1. The Morgan fingerprint density at radius 1 is 1.21 bits per heavy atom. The van der Waals surface area contributed by atoms with Crippen LogP contribution in [0.15, 0.2) is 25.6 Å². The van der Waals surface area contributed by atoms with Gasteiger partial charge in [0.1, 0.15) is 0 Å². The van der Waals surface area contributed by atoms with E-state index >= 15 is 0 Å². The average molecular weight is 283 g/mol. The molecule has 2 heterocycles. The van der Waals surface area contributed by atoms with Crippen LogP contribution in [0, 0.1) is 0 Å². The summed E-state index contributed by atoms with van der Waals surface area (Å²) < 4.78 is 3.93. The molecule has 0 unspecified atom stereocenters. The largest absolute Gasteiger partial charge is 0.362 e. The maximum Gasteiger partial charge on any atom is 0.362 e. The van der Waals surface area contributed by atoms with E-state index in [1.807, 2.05) is 0 Å². The maximum atomic E-state index is 11.7. The lowest BCUT2D eigenvalue weighted by Crippen LogP contribution is -2.37. The van der Waals surface area contributed by atoms with Crippen LogP contribution in [-0.2, 0) is 26.9 Å². The highest BCUT2D eigenvalue weighted by Gasteiger charge is 2.09. The molecule has 2 aromatic rings. The fourth-order valence-electron chi connectivity index (χ4n) is 1.56. The molecule has 0 radical (unpaired) electrons. The van der Waals surface area contributed by atoms with Crippen LogP contribution in [0.1, 0.15) is 5.69 Å². The van der Waals surface area contributed by atoms with E-state index in [4.69, 9.17) is 0 Å². The van der Waals surface area contributed by atoms with Crippen LogP contribution in [0.3, 0.4) is 0 Å². The second-order valence-electron chi connectivity index (χ2n) is 4.03. The van der Waals surface area contributed by atoms with Crippen LogP contribution >= 0.6 is 11.8 Å². The van der Waals surface area contributed by atoms with Gasteiger partial charge < -0.3 is 0 Å². The molecule has 0 aromatic carbocycles. The summed E-state index contributed by atoms with van der Waals surface area (Å²) in [5.41, 5.74) is -0.579. The lowest BCUT2D eigenvalue weighted by Gasteiger charge is -2.08. The van der Waals surface area contributed by atoms with Crippen LogP contribution in [0.5, 0.6) is 0 Å². The van der Waals surface area contributed by atoms with E-state index in [1.165, 1.54) is 34.1 Å². The molecule has 0 saturated carbocycles. The third-order valence-electron chi connectivity index (χ3n) is 2.72. The normalized spacial score (nSPS) is 10.9. The predicted octanol–water partition coefficient (Wildman–Crippen LogP) is -1.20. The molecule has 0 atom stereocenters. The molecule has 0 saturated heterocycles. The van der Waals surface area contributed by atoms with Gasteiger partial charge in [-0.05, 0) is 0 Å². The zero-order chi connectivity index (χ0) is 14.2. The maximum absolute atomic E-state index is 11.7. The SMILES string of the molecule is Cn1[nH]c(=O)nc1SCc1cc(=O)n(C)c(=O)n1C. The van der Waals surface area contributed by atoms with E-state index in [0.29, 0.717) is 16.6 Å². The molecule has 2 rings (SSSR count). The molecule has 0 aliphatic rings. The zero-order valence-corrected chi connectivity index (χ0v) is 11.5. The van der Waals surface area contributed by atoms with Crippen LogP contribution in [0.25, 0.3) is 0 Å². The molecular weight excluding hydrogens is 270 g/mol. The first-order valence-corrected chi connectivity index (χ1v) is 6.40. The van der Waals surface area contributed by atoms with Gasteiger partial charge >= 0.3 is 11.4 Å². The summed E-state index contributed by atoms with van der Waals surface area (Å²) in [5, 5.41) is 2.98. The summed E-state index contributed by atoms with van der Waals surface area (Å²) >= 11 is 1.27. The Hall–Kier alpha value is -2.03. The lowest BCUT2D eigenvalue weighted by molar-refractivity contribution is 0.662. The number of hydrogen-bond acceptors (Lipinski definition) is 5. The number of aryl methyl sites for hydroxylation is 1. The predicted molar refractivity (Wildman–Crippen MR) is 70.3 cm³/mol. The Morgan fingerprint density at radius 3 is 2.47 bits per heavy atom. The van der Waals surface area contributed by atoms with Crippen LogP contribution in [0.4, 0.5) is 0 Å². The van der Waals surface area contributed by atoms with Gasteiger partial charge in [-0.1, -0.05) is 11.8 Å². The van der Waals surface area contributed by atoms with Gasteiger partial charge in [-0.15, -0.1) is 0 Å². The number of nitrogens with one attached hydrogen (secondary N) is 1. The number of aromatic amines is 1. The van der Waals surface area contributed by atoms with Crippen molar-refractivity contribution in [2.24, 2.45) is 21.1 Å². The van der Waals surface area contributed by atoms with Gasteiger partial charge in [0.15, 0.2) is 5.16 Å². The van der Waals surface area contributed by atoms with Gasteiger partial charge in [-0.25, -0.2) is 14.7 Å².